The molecule has 1 N–H and O–H groups in total. The van der Waals surface area contributed by atoms with E-state index in [0.717, 1.165) is 29.1 Å². The molecule has 128 valence electrons. The molecule has 2 aromatic rings. The average Bonchev–Trinajstić information content (AvgIpc) is 2.79. The molecule has 0 saturated carbocycles. The Hall–Kier alpha value is -2.28. The van der Waals surface area contributed by atoms with Crippen LogP contribution in [0.25, 0.3) is 0 Å². The summed E-state index contributed by atoms with van der Waals surface area (Å²) in [4.78, 5) is 22.8. The Kier molecular flexibility index (Phi) is 5.20. The van der Waals surface area contributed by atoms with Gasteiger partial charge in [0.25, 0.3) is 0 Å². The van der Waals surface area contributed by atoms with E-state index in [2.05, 4.69) is 20.2 Å². The highest BCUT2D eigenvalue weighted by Crippen LogP contribution is 2.16. The van der Waals surface area contributed by atoms with Crippen LogP contribution in [-0.4, -0.2) is 57.3 Å². The van der Waals surface area contributed by atoms with Gasteiger partial charge in [0.05, 0.1) is 25.3 Å². The summed E-state index contributed by atoms with van der Waals surface area (Å²) in [5.41, 5.74) is 3.83. The maximum absolute atomic E-state index is 12.7. The van der Waals surface area contributed by atoms with Crippen molar-refractivity contribution in [3.05, 3.63) is 41.2 Å². The lowest BCUT2D eigenvalue weighted by atomic mass is 10.0. The fraction of sp³-hybridized carbons (Fsp3) is 0.529. The summed E-state index contributed by atoms with van der Waals surface area (Å²) in [5.74, 6) is 0.374. The van der Waals surface area contributed by atoms with Crippen LogP contribution in [0.1, 0.15) is 22.6 Å². The van der Waals surface area contributed by atoms with E-state index in [1.54, 1.807) is 12.5 Å². The number of amides is 1. The molecular weight excluding hydrogens is 306 g/mol. The molecule has 1 aliphatic rings. The summed E-state index contributed by atoms with van der Waals surface area (Å²) in [6, 6.07) is 1.91. The maximum atomic E-state index is 12.7. The molecule has 0 aromatic carbocycles. The molecule has 3 heterocycles. The summed E-state index contributed by atoms with van der Waals surface area (Å²) in [6.45, 7) is 6.43. The number of carbonyl (C=O) groups is 1. The molecule has 1 atom stereocenters. The quantitative estimate of drug-likeness (QED) is 0.907. The van der Waals surface area contributed by atoms with Gasteiger partial charge in [-0.05, 0) is 26.3 Å². The maximum Gasteiger partial charge on any atom is 0.227 e. The van der Waals surface area contributed by atoms with Gasteiger partial charge in [0.15, 0.2) is 0 Å². The molecule has 24 heavy (non-hydrogen) atoms. The summed E-state index contributed by atoms with van der Waals surface area (Å²) in [5, 5.41) is 7.11. The molecule has 1 aliphatic heterocycles. The van der Waals surface area contributed by atoms with Crippen LogP contribution in [0.4, 0.5) is 0 Å². The highest BCUT2D eigenvalue weighted by molar-refractivity contribution is 5.79. The second kappa shape index (κ2) is 7.53. The van der Waals surface area contributed by atoms with Crippen molar-refractivity contribution in [1.29, 1.82) is 0 Å². The Bertz CT molecular complexity index is 666. The van der Waals surface area contributed by atoms with Crippen LogP contribution in [0, 0.1) is 19.8 Å². The first-order chi connectivity index (χ1) is 11.6. The van der Waals surface area contributed by atoms with Crippen molar-refractivity contribution in [3.8, 4) is 0 Å². The number of rotatable bonds is 4. The highest BCUT2D eigenvalue weighted by Gasteiger charge is 2.24. The zero-order valence-electron chi connectivity index (χ0n) is 14.2. The van der Waals surface area contributed by atoms with Gasteiger partial charge >= 0.3 is 0 Å². The SMILES string of the molecule is Cc1n[nH]c(C)c1CC(=O)N1CCOCC(Cc2ccncn2)C1. The van der Waals surface area contributed by atoms with Crippen LogP contribution in [0.15, 0.2) is 18.6 Å². The van der Waals surface area contributed by atoms with E-state index in [-0.39, 0.29) is 11.8 Å². The van der Waals surface area contributed by atoms with Crippen molar-refractivity contribution < 1.29 is 9.53 Å². The summed E-state index contributed by atoms with van der Waals surface area (Å²) >= 11 is 0. The van der Waals surface area contributed by atoms with Crippen LogP contribution in [0.5, 0.6) is 0 Å². The number of hydrogen-bond acceptors (Lipinski definition) is 5. The number of H-pyrrole nitrogens is 1. The van der Waals surface area contributed by atoms with Crippen LogP contribution in [0.2, 0.25) is 0 Å². The monoisotopic (exact) mass is 329 g/mol. The summed E-state index contributed by atoms with van der Waals surface area (Å²) in [6.07, 6.45) is 4.47. The van der Waals surface area contributed by atoms with Gasteiger partial charge in [-0.25, -0.2) is 9.97 Å². The largest absolute Gasteiger partial charge is 0.379 e. The predicted octanol–water partition coefficient (Wildman–Crippen LogP) is 1.08. The average molecular weight is 329 g/mol. The lowest BCUT2D eigenvalue weighted by Gasteiger charge is -2.23. The zero-order chi connectivity index (χ0) is 16.9. The molecule has 1 saturated heterocycles. The molecule has 7 heteroatoms. The second-order valence-electron chi connectivity index (χ2n) is 6.27. The number of nitrogens with one attached hydrogen (secondary N) is 1. The molecule has 2 aromatic heterocycles. The van der Waals surface area contributed by atoms with E-state index in [0.29, 0.717) is 32.7 Å². The topological polar surface area (TPSA) is 84.0 Å². The van der Waals surface area contributed by atoms with E-state index in [4.69, 9.17) is 4.74 Å². The number of aromatic nitrogens is 4. The fourth-order valence-corrected chi connectivity index (χ4v) is 3.06. The van der Waals surface area contributed by atoms with Gasteiger partial charge in [0.2, 0.25) is 5.91 Å². The minimum absolute atomic E-state index is 0.126. The van der Waals surface area contributed by atoms with Gasteiger partial charge in [-0.3, -0.25) is 9.89 Å². The summed E-state index contributed by atoms with van der Waals surface area (Å²) in [7, 11) is 0. The Morgan fingerprint density at radius 2 is 2.33 bits per heavy atom. The lowest BCUT2D eigenvalue weighted by Crippen LogP contribution is -2.37. The van der Waals surface area contributed by atoms with Crippen LogP contribution in [-0.2, 0) is 22.4 Å². The normalized spacial score (nSPS) is 18.4. The Balaban J connectivity index is 1.65. The van der Waals surface area contributed by atoms with Crippen molar-refractivity contribution in [1.82, 2.24) is 25.1 Å². The molecule has 0 radical (unpaired) electrons. The predicted molar refractivity (Wildman–Crippen MR) is 88.4 cm³/mol. The van der Waals surface area contributed by atoms with Crippen molar-refractivity contribution in [2.45, 2.75) is 26.7 Å². The zero-order valence-corrected chi connectivity index (χ0v) is 14.2. The molecule has 1 unspecified atom stereocenters. The molecule has 0 aliphatic carbocycles. The number of carbonyl (C=O) groups excluding carboxylic acids is 1. The van der Waals surface area contributed by atoms with E-state index in [9.17, 15) is 4.79 Å². The van der Waals surface area contributed by atoms with Gasteiger partial charge in [-0.15, -0.1) is 0 Å². The Morgan fingerprint density at radius 1 is 1.46 bits per heavy atom. The third kappa shape index (κ3) is 3.97. The molecule has 0 bridgehead atoms. The van der Waals surface area contributed by atoms with Crippen molar-refractivity contribution in [2.75, 3.05) is 26.3 Å². The van der Waals surface area contributed by atoms with Crippen LogP contribution >= 0.6 is 0 Å². The van der Waals surface area contributed by atoms with E-state index in [1.165, 1.54) is 0 Å². The van der Waals surface area contributed by atoms with Gasteiger partial charge < -0.3 is 9.64 Å². The van der Waals surface area contributed by atoms with Crippen LogP contribution < -0.4 is 0 Å². The van der Waals surface area contributed by atoms with E-state index >= 15 is 0 Å². The van der Waals surface area contributed by atoms with Crippen molar-refractivity contribution in [2.24, 2.45) is 5.92 Å². The summed E-state index contributed by atoms with van der Waals surface area (Å²) < 4.78 is 5.69. The molecule has 7 nitrogen and oxygen atoms in total. The number of hydrogen-bond donors (Lipinski definition) is 1. The Labute approximate surface area is 141 Å². The van der Waals surface area contributed by atoms with E-state index in [1.807, 2.05) is 24.8 Å². The van der Waals surface area contributed by atoms with Gasteiger partial charge in [0, 0.05) is 42.2 Å². The van der Waals surface area contributed by atoms with Crippen LogP contribution in [0.3, 0.4) is 0 Å². The third-order valence-corrected chi connectivity index (χ3v) is 4.44. The minimum Gasteiger partial charge on any atom is -0.379 e. The third-order valence-electron chi connectivity index (χ3n) is 4.44. The molecular formula is C17H23N5O2. The van der Waals surface area contributed by atoms with Gasteiger partial charge in [-0.2, -0.15) is 5.10 Å². The molecule has 1 amide bonds. The number of ether oxygens (including phenoxy) is 1. The number of aromatic amines is 1. The smallest absolute Gasteiger partial charge is 0.227 e. The Morgan fingerprint density at radius 3 is 3.04 bits per heavy atom. The van der Waals surface area contributed by atoms with Crippen molar-refractivity contribution in [3.63, 3.8) is 0 Å². The number of nitrogens with zero attached hydrogens (tertiary/aromatic N) is 4. The lowest BCUT2D eigenvalue weighted by molar-refractivity contribution is -0.130. The van der Waals surface area contributed by atoms with Crippen molar-refractivity contribution >= 4 is 5.91 Å². The van der Waals surface area contributed by atoms with Gasteiger partial charge in [-0.1, -0.05) is 0 Å². The highest BCUT2D eigenvalue weighted by atomic mass is 16.5. The second-order valence-corrected chi connectivity index (χ2v) is 6.27. The molecule has 3 rings (SSSR count). The van der Waals surface area contributed by atoms with Gasteiger partial charge in [0.1, 0.15) is 6.33 Å². The standard InChI is InChI=1S/C17H23N5O2/c1-12-16(13(2)21-20-12)8-17(23)22-5-6-24-10-14(9-22)7-15-3-4-18-11-19-15/h3-4,11,14H,5-10H2,1-2H3,(H,20,21). The first-order valence-electron chi connectivity index (χ1n) is 8.24. The fourth-order valence-electron chi connectivity index (χ4n) is 3.06. The molecule has 0 spiro atoms. The molecule has 1 fully saturated rings. The number of aryl methyl sites for hydroxylation is 2. The van der Waals surface area contributed by atoms with E-state index < -0.39 is 0 Å². The first kappa shape index (κ1) is 16.6. The first-order valence-corrected chi connectivity index (χ1v) is 8.24. The minimum atomic E-state index is 0.126.